The Hall–Kier alpha value is -1.82. The first-order valence-corrected chi connectivity index (χ1v) is 6.59. The molecule has 1 aromatic rings. The van der Waals surface area contributed by atoms with Crippen LogP contribution in [-0.4, -0.2) is 40.6 Å². The van der Waals surface area contributed by atoms with Gasteiger partial charge < -0.3 is 14.7 Å². The van der Waals surface area contributed by atoms with E-state index >= 15 is 0 Å². The first-order chi connectivity index (χ1) is 9.61. The third-order valence-electron chi connectivity index (χ3n) is 2.65. The summed E-state index contributed by atoms with van der Waals surface area (Å²) >= 11 is 5.78. The van der Waals surface area contributed by atoms with Crippen LogP contribution in [0.3, 0.4) is 0 Å². The molecule has 1 N–H and O–H groups in total. The van der Waals surface area contributed by atoms with Crippen molar-refractivity contribution in [2.45, 2.75) is 26.3 Å². The van der Waals surface area contributed by atoms with Gasteiger partial charge in [0.25, 0.3) is 5.91 Å². The van der Waals surface area contributed by atoms with Crippen molar-refractivity contribution in [3.63, 3.8) is 0 Å². The molecular weight excluding hydrogens is 301 g/mol. The summed E-state index contributed by atoms with van der Waals surface area (Å²) in [6, 6.07) is 3.54. The third-order valence-corrected chi connectivity index (χ3v) is 2.94. The molecule has 116 valence electrons. The van der Waals surface area contributed by atoms with Gasteiger partial charge in [-0.3, -0.25) is 9.59 Å². The average molecular weight is 318 g/mol. The molecule has 5 nitrogen and oxygen atoms in total. The summed E-state index contributed by atoms with van der Waals surface area (Å²) in [5, 5.41) is 8.90. The molecule has 1 rings (SSSR count). The fourth-order valence-corrected chi connectivity index (χ4v) is 1.87. The fraction of sp³-hybridized carbons (Fsp3) is 0.429. The molecule has 1 amide bonds. The zero-order valence-electron chi connectivity index (χ0n) is 12.0. The van der Waals surface area contributed by atoms with Crippen LogP contribution in [0.4, 0.5) is 4.39 Å². The van der Waals surface area contributed by atoms with Crippen molar-refractivity contribution in [3.05, 3.63) is 29.0 Å². The van der Waals surface area contributed by atoms with E-state index in [1.54, 1.807) is 20.8 Å². The number of rotatable bonds is 5. The van der Waals surface area contributed by atoms with E-state index in [-0.39, 0.29) is 17.4 Å². The number of hydrogen-bond donors (Lipinski definition) is 1. The predicted molar refractivity (Wildman–Crippen MR) is 76.0 cm³/mol. The van der Waals surface area contributed by atoms with Crippen LogP contribution >= 0.6 is 11.6 Å². The molecule has 0 aromatic heterocycles. The maximum absolute atomic E-state index is 12.9. The molecule has 0 fully saturated rings. The number of aliphatic carboxylic acids is 1. The molecule has 0 heterocycles. The summed E-state index contributed by atoms with van der Waals surface area (Å²) in [7, 11) is 0. The van der Waals surface area contributed by atoms with E-state index < -0.39 is 29.8 Å². The van der Waals surface area contributed by atoms with Gasteiger partial charge in [-0.05, 0) is 39.0 Å². The van der Waals surface area contributed by atoms with Crippen molar-refractivity contribution in [1.29, 1.82) is 0 Å². The van der Waals surface area contributed by atoms with Crippen molar-refractivity contribution < 1.29 is 23.8 Å². The van der Waals surface area contributed by atoms with Crippen LogP contribution in [0.15, 0.2) is 18.2 Å². The summed E-state index contributed by atoms with van der Waals surface area (Å²) in [4.78, 5) is 24.1. The van der Waals surface area contributed by atoms with Crippen molar-refractivity contribution >= 4 is 23.5 Å². The largest absolute Gasteiger partial charge is 0.482 e. The van der Waals surface area contributed by atoms with E-state index in [1.807, 2.05) is 0 Å². The number of carboxylic acids is 1. The smallest absolute Gasteiger partial charge is 0.323 e. The van der Waals surface area contributed by atoms with Gasteiger partial charge >= 0.3 is 5.97 Å². The lowest BCUT2D eigenvalue weighted by Gasteiger charge is -2.34. The van der Waals surface area contributed by atoms with E-state index in [2.05, 4.69) is 0 Å². The highest BCUT2D eigenvalue weighted by Gasteiger charge is 2.28. The molecule has 0 radical (unpaired) electrons. The predicted octanol–water partition coefficient (Wildman–Crippen LogP) is 2.57. The van der Waals surface area contributed by atoms with Gasteiger partial charge in [-0.2, -0.15) is 0 Å². The summed E-state index contributed by atoms with van der Waals surface area (Å²) in [5.41, 5.74) is -0.661. The second kappa shape index (κ2) is 6.76. The molecule has 7 heteroatoms. The Morgan fingerprint density at radius 2 is 2.00 bits per heavy atom. The summed E-state index contributed by atoms with van der Waals surface area (Å²) in [6.45, 7) is 4.36. The maximum atomic E-state index is 12.9. The molecular formula is C14H17ClFNO4. The van der Waals surface area contributed by atoms with Crippen molar-refractivity contribution in [2.24, 2.45) is 0 Å². The van der Waals surface area contributed by atoms with Crippen molar-refractivity contribution in [2.75, 3.05) is 13.2 Å². The number of hydrogen-bond acceptors (Lipinski definition) is 3. The van der Waals surface area contributed by atoms with Crippen LogP contribution in [0.1, 0.15) is 20.8 Å². The van der Waals surface area contributed by atoms with E-state index in [1.165, 1.54) is 11.0 Å². The number of carboxylic acid groups (broad SMARTS) is 1. The third kappa shape index (κ3) is 5.23. The highest BCUT2D eigenvalue weighted by Crippen LogP contribution is 2.25. The second-order valence-corrected chi connectivity index (χ2v) is 5.82. The first-order valence-electron chi connectivity index (χ1n) is 6.21. The summed E-state index contributed by atoms with van der Waals surface area (Å²) in [5.74, 6) is -1.96. The summed E-state index contributed by atoms with van der Waals surface area (Å²) in [6.07, 6.45) is 0. The van der Waals surface area contributed by atoms with Gasteiger partial charge in [0.2, 0.25) is 0 Å². The van der Waals surface area contributed by atoms with Crippen LogP contribution < -0.4 is 4.74 Å². The van der Waals surface area contributed by atoms with Crippen LogP contribution in [0, 0.1) is 5.82 Å². The van der Waals surface area contributed by atoms with Crippen LogP contribution in [0.5, 0.6) is 5.75 Å². The highest BCUT2D eigenvalue weighted by atomic mass is 35.5. The van der Waals surface area contributed by atoms with Crippen LogP contribution in [0.2, 0.25) is 5.02 Å². The molecule has 0 bridgehead atoms. The van der Waals surface area contributed by atoms with E-state index in [0.29, 0.717) is 0 Å². The zero-order chi connectivity index (χ0) is 16.2. The Morgan fingerprint density at radius 1 is 1.38 bits per heavy atom. The minimum Gasteiger partial charge on any atom is -0.482 e. The first kappa shape index (κ1) is 17.2. The number of nitrogens with zero attached hydrogens (tertiary/aromatic N) is 1. The zero-order valence-corrected chi connectivity index (χ0v) is 12.8. The number of amides is 1. The molecule has 0 saturated carbocycles. The molecule has 0 aliphatic carbocycles. The topological polar surface area (TPSA) is 66.8 Å². The fourth-order valence-electron chi connectivity index (χ4n) is 1.64. The van der Waals surface area contributed by atoms with Gasteiger partial charge in [-0.25, -0.2) is 4.39 Å². The van der Waals surface area contributed by atoms with Gasteiger partial charge in [0.15, 0.2) is 6.61 Å². The number of carbonyl (C=O) groups excluding carboxylic acids is 1. The van der Waals surface area contributed by atoms with E-state index in [4.69, 9.17) is 21.4 Å². The van der Waals surface area contributed by atoms with Crippen molar-refractivity contribution in [3.8, 4) is 5.75 Å². The highest BCUT2D eigenvalue weighted by molar-refractivity contribution is 6.32. The Balaban J connectivity index is 2.76. The second-order valence-electron chi connectivity index (χ2n) is 5.41. The molecule has 1 aromatic carbocycles. The quantitative estimate of drug-likeness (QED) is 0.906. The van der Waals surface area contributed by atoms with E-state index in [0.717, 1.165) is 12.1 Å². The average Bonchev–Trinajstić information content (AvgIpc) is 2.33. The molecule has 21 heavy (non-hydrogen) atoms. The SMILES string of the molecule is CC(C)(C)N(CC(=O)O)C(=O)COc1ccc(F)cc1Cl. The molecule has 0 spiro atoms. The number of ether oxygens (including phenoxy) is 1. The standard InChI is InChI=1S/C14H17ClFNO4/c1-14(2,3)17(7-13(19)20)12(18)8-21-11-5-4-9(16)6-10(11)15/h4-6H,7-8H2,1-3H3,(H,19,20). The summed E-state index contributed by atoms with van der Waals surface area (Å²) < 4.78 is 18.1. The Morgan fingerprint density at radius 3 is 2.48 bits per heavy atom. The van der Waals surface area contributed by atoms with E-state index in [9.17, 15) is 14.0 Å². The number of benzene rings is 1. The lowest BCUT2D eigenvalue weighted by Crippen LogP contribution is -2.50. The number of carbonyl (C=O) groups is 2. The van der Waals surface area contributed by atoms with Gasteiger partial charge in [0, 0.05) is 5.54 Å². The van der Waals surface area contributed by atoms with Gasteiger partial charge in [-0.15, -0.1) is 0 Å². The molecule has 0 saturated heterocycles. The van der Waals surface area contributed by atoms with Crippen LogP contribution in [0.25, 0.3) is 0 Å². The molecule has 0 atom stereocenters. The molecule has 0 unspecified atom stereocenters. The van der Waals surface area contributed by atoms with Gasteiger partial charge in [0.1, 0.15) is 18.1 Å². The molecule has 0 aliphatic heterocycles. The Labute approximate surface area is 127 Å². The van der Waals surface area contributed by atoms with Gasteiger partial charge in [-0.1, -0.05) is 11.6 Å². The van der Waals surface area contributed by atoms with Crippen LogP contribution in [-0.2, 0) is 9.59 Å². The molecule has 0 aliphatic rings. The van der Waals surface area contributed by atoms with Crippen molar-refractivity contribution in [1.82, 2.24) is 4.90 Å². The minimum atomic E-state index is -1.11. The van der Waals surface area contributed by atoms with Gasteiger partial charge in [0.05, 0.1) is 5.02 Å². The Bertz CT molecular complexity index is 542. The maximum Gasteiger partial charge on any atom is 0.323 e. The lowest BCUT2D eigenvalue weighted by atomic mass is 10.1. The Kier molecular flexibility index (Phi) is 5.54. The number of halogens is 2. The lowest BCUT2D eigenvalue weighted by molar-refractivity contribution is -0.149. The normalized spacial score (nSPS) is 11.1. The minimum absolute atomic E-state index is 0.0448. The monoisotopic (exact) mass is 317 g/mol.